The van der Waals surface area contributed by atoms with Crippen molar-refractivity contribution in [3.8, 4) is 0 Å². The number of sulfone groups is 1. The lowest BCUT2D eigenvalue weighted by Gasteiger charge is -2.19. The summed E-state index contributed by atoms with van der Waals surface area (Å²) in [6.45, 7) is 6.68. The molecule has 0 spiro atoms. The summed E-state index contributed by atoms with van der Waals surface area (Å²) < 4.78 is 25.2. The number of nitrogens with zero attached hydrogens (tertiary/aromatic N) is 1. The molecule has 0 saturated heterocycles. The number of hydrogen-bond donors (Lipinski definition) is 2. The van der Waals surface area contributed by atoms with Crippen molar-refractivity contribution >= 4 is 51.5 Å². The van der Waals surface area contributed by atoms with Crippen molar-refractivity contribution in [2.45, 2.75) is 61.6 Å². The van der Waals surface area contributed by atoms with E-state index in [4.69, 9.17) is 0 Å². The summed E-state index contributed by atoms with van der Waals surface area (Å²) in [6, 6.07) is 7.65. The Balaban J connectivity index is 0.00000392. The van der Waals surface area contributed by atoms with Crippen molar-refractivity contribution in [1.29, 1.82) is 0 Å². The van der Waals surface area contributed by atoms with Crippen LogP contribution in [0.25, 0.3) is 0 Å². The predicted octanol–water partition coefficient (Wildman–Crippen LogP) is 3.82. The largest absolute Gasteiger partial charge is 0.355 e. The Morgan fingerprint density at radius 1 is 1.21 bits per heavy atom. The van der Waals surface area contributed by atoms with Crippen molar-refractivity contribution < 1.29 is 8.42 Å². The maximum atomic E-state index is 12.6. The molecule has 1 aromatic rings. The van der Waals surface area contributed by atoms with Crippen LogP contribution in [0.4, 0.5) is 0 Å². The minimum absolute atomic E-state index is 0. The quantitative estimate of drug-likeness (QED) is 0.327. The molecule has 2 unspecified atom stereocenters. The maximum Gasteiger partial charge on any atom is 0.191 e. The summed E-state index contributed by atoms with van der Waals surface area (Å²) in [5.74, 6) is 0.723. The Kier molecular flexibility index (Phi) is 10.1. The fourth-order valence-corrected chi connectivity index (χ4v) is 5.21. The van der Waals surface area contributed by atoms with Crippen LogP contribution in [-0.2, 0) is 15.3 Å². The number of guanidine groups is 1. The van der Waals surface area contributed by atoms with Crippen LogP contribution in [0, 0.1) is 0 Å². The lowest BCUT2D eigenvalue weighted by atomic mass is 9.87. The van der Waals surface area contributed by atoms with Crippen molar-refractivity contribution in [2.75, 3.05) is 25.6 Å². The van der Waals surface area contributed by atoms with Gasteiger partial charge >= 0.3 is 0 Å². The van der Waals surface area contributed by atoms with Gasteiger partial charge < -0.3 is 10.6 Å². The van der Waals surface area contributed by atoms with Gasteiger partial charge in [0.25, 0.3) is 0 Å². The number of hydrogen-bond acceptors (Lipinski definition) is 4. The normalized spacial score (nSPS) is 20.5. The third-order valence-corrected chi connectivity index (χ3v) is 7.85. The van der Waals surface area contributed by atoms with Crippen LogP contribution in [0.3, 0.4) is 0 Å². The van der Waals surface area contributed by atoms with Gasteiger partial charge in [0, 0.05) is 24.9 Å². The number of rotatable bonds is 6. The first kappa shape index (κ1) is 25.6. The van der Waals surface area contributed by atoms with Gasteiger partial charge in [0.15, 0.2) is 15.8 Å². The lowest BCUT2D eigenvalue weighted by molar-refractivity contribution is 0.585. The van der Waals surface area contributed by atoms with E-state index < -0.39 is 9.84 Å². The van der Waals surface area contributed by atoms with Crippen LogP contribution < -0.4 is 10.6 Å². The van der Waals surface area contributed by atoms with E-state index in [1.165, 1.54) is 6.42 Å². The van der Waals surface area contributed by atoms with E-state index in [2.05, 4.69) is 42.7 Å². The molecule has 0 heterocycles. The zero-order valence-corrected chi connectivity index (χ0v) is 21.5. The van der Waals surface area contributed by atoms with Crippen LogP contribution in [0.2, 0.25) is 0 Å². The molecule has 8 heteroatoms. The highest BCUT2D eigenvalue weighted by molar-refractivity contribution is 14.0. The Morgan fingerprint density at radius 3 is 2.36 bits per heavy atom. The first-order valence-corrected chi connectivity index (χ1v) is 12.4. The molecule has 160 valence electrons. The molecule has 1 aliphatic carbocycles. The molecule has 1 aromatic carbocycles. The standard InChI is InChI=1S/C20H33N3O2S2.HI/c1-20(2,3)15-6-10-18(11-7-15)27(24,25)13-12-22-19(21-4)23-16-8-9-17(14-16)26-5;/h6-7,10-11,16-17H,8-9,12-14H2,1-5H3,(H2,21,22,23);1H. The van der Waals surface area contributed by atoms with Crippen LogP contribution >= 0.6 is 35.7 Å². The van der Waals surface area contributed by atoms with Gasteiger partial charge in [0.05, 0.1) is 10.6 Å². The highest BCUT2D eigenvalue weighted by Gasteiger charge is 2.24. The monoisotopic (exact) mass is 539 g/mol. The van der Waals surface area contributed by atoms with Crippen molar-refractivity contribution in [2.24, 2.45) is 4.99 Å². The Hall–Kier alpha value is -0.480. The number of thioether (sulfide) groups is 1. The van der Waals surface area contributed by atoms with Crippen LogP contribution in [0.1, 0.15) is 45.6 Å². The summed E-state index contributed by atoms with van der Waals surface area (Å²) in [5, 5.41) is 7.26. The zero-order valence-electron chi connectivity index (χ0n) is 17.5. The van der Waals surface area contributed by atoms with E-state index in [0.717, 1.165) is 18.4 Å². The first-order chi connectivity index (χ1) is 12.7. The van der Waals surface area contributed by atoms with Gasteiger partial charge in [0.1, 0.15) is 0 Å². The molecule has 1 aliphatic rings. The van der Waals surface area contributed by atoms with Gasteiger partial charge in [-0.1, -0.05) is 32.9 Å². The Labute approximate surface area is 191 Å². The molecule has 0 aromatic heterocycles. The fourth-order valence-electron chi connectivity index (χ4n) is 3.26. The van der Waals surface area contributed by atoms with Crippen LogP contribution in [0.15, 0.2) is 34.2 Å². The lowest BCUT2D eigenvalue weighted by Crippen LogP contribution is -2.44. The van der Waals surface area contributed by atoms with Gasteiger partial charge in [-0.05, 0) is 48.6 Å². The van der Waals surface area contributed by atoms with E-state index >= 15 is 0 Å². The molecule has 28 heavy (non-hydrogen) atoms. The molecule has 5 nitrogen and oxygen atoms in total. The smallest absolute Gasteiger partial charge is 0.191 e. The molecule has 2 atom stereocenters. The molecule has 0 aliphatic heterocycles. The number of benzene rings is 1. The third-order valence-electron chi connectivity index (χ3n) is 5.02. The SMILES string of the molecule is CN=C(NCCS(=O)(=O)c1ccc(C(C)(C)C)cc1)NC1CCC(SC)C1.I. The molecule has 0 bridgehead atoms. The second-order valence-electron chi connectivity index (χ2n) is 8.10. The van der Waals surface area contributed by atoms with Crippen LogP contribution in [-0.4, -0.2) is 51.3 Å². The second-order valence-corrected chi connectivity index (χ2v) is 11.4. The summed E-state index contributed by atoms with van der Waals surface area (Å²) in [5.41, 5.74) is 1.14. The Bertz CT molecular complexity index is 744. The van der Waals surface area contributed by atoms with Gasteiger partial charge in [-0.2, -0.15) is 11.8 Å². The number of aliphatic imine (C=N–C) groups is 1. The summed E-state index contributed by atoms with van der Waals surface area (Å²) in [7, 11) is -1.60. The highest BCUT2D eigenvalue weighted by atomic mass is 127. The van der Waals surface area contributed by atoms with E-state index in [1.807, 2.05) is 23.9 Å². The zero-order chi connectivity index (χ0) is 20.1. The van der Waals surface area contributed by atoms with Crippen molar-refractivity contribution in [3.63, 3.8) is 0 Å². The molecular weight excluding hydrogens is 505 g/mol. The second kappa shape index (κ2) is 11.1. The molecule has 2 rings (SSSR count). The van der Waals surface area contributed by atoms with Crippen molar-refractivity contribution in [1.82, 2.24) is 10.6 Å². The molecule has 0 radical (unpaired) electrons. The van der Waals surface area contributed by atoms with Gasteiger partial charge in [-0.15, -0.1) is 24.0 Å². The molecule has 1 fully saturated rings. The average molecular weight is 540 g/mol. The fraction of sp³-hybridized carbons (Fsp3) is 0.650. The van der Waals surface area contributed by atoms with E-state index in [-0.39, 0.29) is 35.1 Å². The van der Waals surface area contributed by atoms with Gasteiger partial charge in [-0.25, -0.2) is 8.42 Å². The molecule has 2 N–H and O–H groups in total. The predicted molar refractivity (Wildman–Crippen MR) is 132 cm³/mol. The van der Waals surface area contributed by atoms with Crippen molar-refractivity contribution in [3.05, 3.63) is 29.8 Å². The van der Waals surface area contributed by atoms with Crippen LogP contribution in [0.5, 0.6) is 0 Å². The topological polar surface area (TPSA) is 70.6 Å². The minimum atomic E-state index is -3.32. The molecular formula is C20H34IN3O2S2. The number of nitrogens with one attached hydrogen (secondary N) is 2. The first-order valence-electron chi connectivity index (χ1n) is 9.49. The van der Waals surface area contributed by atoms with Gasteiger partial charge in [-0.3, -0.25) is 4.99 Å². The number of halogens is 1. The van der Waals surface area contributed by atoms with E-state index in [1.54, 1.807) is 19.2 Å². The Morgan fingerprint density at radius 2 is 1.86 bits per heavy atom. The van der Waals surface area contributed by atoms with E-state index in [0.29, 0.717) is 28.7 Å². The summed E-state index contributed by atoms with van der Waals surface area (Å²) in [6.07, 6.45) is 5.62. The molecule has 1 saturated carbocycles. The average Bonchev–Trinajstić information content (AvgIpc) is 3.07. The maximum absolute atomic E-state index is 12.6. The third kappa shape index (κ3) is 7.40. The summed E-state index contributed by atoms with van der Waals surface area (Å²) in [4.78, 5) is 4.60. The minimum Gasteiger partial charge on any atom is -0.355 e. The molecule has 0 amide bonds. The summed E-state index contributed by atoms with van der Waals surface area (Å²) >= 11 is 1.91. The van der Waals surface area contributed by atoms with Gasteiger partial charge in [0.2, 0.25) is 0 Å². The highest BCUT2D eigenvalue weighted by Crippen LogP contribution is 2.28. The van der Waals surface area contributed by atoms with E-state index in [9.17, 15) is 8.42 Å².